The van der Waals surface area contributed by atoms with Gasteiger partial charge >= 0.3 is 0 Å². The second kappa shape index (κ2) is 6.17. The van der Waals surface area contributed by atoms with Crippen LogP contribution in [-0.2, 0) is 6.54 Å². The summed E-state index contributed by atoms with van der Waals surface area (Å²) in [4.78, 5) is 2.65. The summed E-state index contributed by atoms with van der Waals surface area (Å²) >= 11 is 0. The number of rotatable bonds is 5. The molecule has 1 aromatic rings. The average molecular weight is 272 g/mol. The zero-order valence-electron chi connectivity index (χ0n) is 13.0. The number of hydrogen-bond donors (Lipinski definition) is 1. The number of piperidine rings is 1. The molecule has 1 N–H and O–H groups in total. The van der Waals surface area contributed by atoms with Crippen LogP contribution in [0.2, 0.25) is 0 Å². The van der Waals surface area contributed by atoms with E-state index in [4.69, 9.17) is 0 Å². The van der Waals surface area contributed by atoms with Crippen LogP contribution in [0, 0.1) is 6.92 Å². The van der Waals surface area contributed by atoms with Crippen molar-refractivity contribution in [1.29, 1.82) is 0 Å². The molecular formula is C18H28N2. The van der Waals surface area contributed by atoms with Crippen molar-refractivity contribution in [2.75, 3.05) is 11.4 Å². The van der Waals surface area contributed by atoms with E-state index in [1.54, 1.807) is 0 Å². The number of aryl methyl sites for hydroxylation is 1. The van der Waals surface area contributed by atoms with E-state index in [0.717, 1.165) is 18.6 Å². The van der Waals surface area contributed by atoms with Gasteiger partial charge in [0.1, 0.15) is 0 Å². The van der Waals surface area contributed by atoms with Crippen LogP contribution in [-0.4, -0.2) is 18.6 Å². The molecule has 0 spiro atoms. The third-order valence-electron chi connectivity index (χ3n) is 4.84. The first-order chi connectivity index (χ1) is 9.78. The van der Waals surface area contributed by atoms with Crippen LogP contribution < -0.4 is 10.2 Å². The summed E-state index contributed by atoms with van der Waals surface area (Å²) in [6.07, 6.45) is 8.11. The van der Waals surface area contributed by atoms with Crippen molar-refractivity contribution in [2.24, 2.45) is 0 Å². The van der Waals surface area contributed by atoms with Crippen molar-refractivity contribution in [1.82, 2.24) is 5.32 Å². The predicted octanol–water partition coefficient (Wildman–Crippen LogP) is 4.02. The lowest BCUT2D eigenvalue weighted by Gasteiger charge is -2.38. The highest BCUT2D eigenvalue weighted by Gasteiger charge is 2.23. The van der Waals surface area contributed by atoms with Gasteiger partial charge in [0.05, 0.1) is 0 Å². The van der Waals surface area contributed by atoms with Gasteiger partial charge in [0.15, 0.2) is 0 Å². The molecule has 0 aromatic heterocycles. The molecular weight excluding hydrogens is 244 g/mol. The molecule has 0 radical (unpaired) electrons. The summed E-state index contributed by atoms with van der Waals surface area (Å²) in [5.41, 5.74) is 4.34. The van der Waals surface area contributed by atoms with Gasteiger partial charge < -0.3 is 10.2 Å². The van der Waals surface area contributed by atoms with Gasteiger partial charge in [0.25, 0.3) is 0 Å². The van der Waals surface area contributed by atoms with E-state index >= 15 is 0 Å². The number of anilines is 1. The van der Waals surface area contributed by atoms with E-state index < -0.39 is 0 Å². The summed E-state index contributed by atoms with van der Waals surface area (Å²) in [5.74, 6) is 0. The van der Waals surface area contributed by atoms with Crippen LogP contribution >= 0.6 is 0 Å². The van der Waals surface area contributed by atoms with Crippen LogP contribution in [0.1, 0.15) is 56.6 Å². The van der Waals surface area contributed by atoms with E-state index in [0.29, 0.717) is 0 Å². The Kier molecular flexibility index (Phi) is 4.30. The molecule has 2 aliphatic rings. The summed E-state index contributed by atoms with van der Waals surface area (Å²) in [5, 5.41) is 3.61. The van der Waals surface area contributed by atoms with Crippen LogP contribution in [0.25, 0.3) is 0 Å². The Labute approximate surface area is 123 Å². The Bertz CT molecular complexity index is 451. The molecule has 2 heteroatoms. The fraction of sp³-hybridized carbons (Fsp3) is 0.667. The fourth-order valence-corrected chi connectivity index (χ4v) is 3.44. The largest absolute Gasteiger partial charge is 0.368 e. The van der Waals surface area contributed by atoms with E-state index in [2.05, 4.69) is 42.3 Å². The molecule has 20 heavy (non-hydrogen) atoms. The summed E-state index contributed by atoms with van der Waals surface area (Å²) in [6, 6.07) is 8.60. The summed E-state index contributed by atoms with van der Waals surface area (Å²) in [7, 11) is 0. The second-order valence-electron chi connectivity index (χ2n) is 6.53. The maximum Gasteiger partial charge on any atom is 0.0398 e. The SMILES string of the molecule is CCC1CCCCN1c1ccc(CNC2CC2)cc1C. The standard InChI is InChI=1S/C18H28N2/c1-3-17-6-4-5-11-20(17)18-10-7-15(12-14(18)2)13-19-16-8-9-16/h7,10,12,16-17,19H,3-6,8-9,11,13H2,1-2H3. The van der Waals surface area contributed by atoms with Crippen molar-refractivity contribution in [3.63, 3.8) is 0 Å². The van der Waals surface area contributed by atoms with Crippen molar-refractivity contribution >= 4 is 5.69 Å². The fourth-order valence-electron chi connectivity index (χ4n) is 3.44. The van der Waals surface area contributed by atoms with Gasteiger partial charge in [-0.3, -0.25) is 0 Å². The molecule has 1 aromatic carbocycles. The van der Waals surface area contributed by atoms with Gasteiger partial charge in [-0.2, -0.15) is 0 Å². The van der Waals surface area contributed by atoms with Crippen LogP contribution in [0.15, 0.2) is 18.2 Å². The Morgan fingerprint density at radius 3 is 2.75 bits per heavy atom. The van der Waals surface area contributed by atoms with Gasteiger partial charge in [-0.15, -0.1) is 0 Å². The van der Waals surface area contributed by atoms with E-state index in [1.165, 1.54) is 61.9 Å². The molecule has 1 heterocycles. The van der Waals surface area contributed by atoms with E-state index in [1.807, 2.05) is 0 Å². The van der Waals surface area contributed by atoms with Crippen LogP contribution in [0.3, 0.4) is 0 Å². The van der Waals surface area contributed by atoms with Crippen molar-refractivity contribution in [3.05, 3.63) is 29.3 Å². The van der Waals surface area contributed by atoms with E-state index in [9.17, 15) is 0 Å². The number of nitrogens with one attached hydrogen (secondary N) is 1. The lowest BCUT2D eigenvalue weighted by atomic mass is 9.97. The van der Waals surface area contributed by atoms with Crippen molar-refractivity contribution in [3.8, 4) is 0 Å². The number of benzene rings is 1. The highest BCUT2D eigenvalue weighted by atomic mass is 15.2. The number of nitrogens with zero attached hydrogens (tertiary/aromatic N) is 1. The third-order valence-corrected chi connectivity index (χ3v) is 4.84. The van der Waals surface area contributed by atoms with Crippen molar-refractivity contribution < 1.29 is 0 Å². The van der Waals surface area contributed by atoms with Crippen molar-refractivity contribution in [2.45, 2.75) is 71.0 Å². The highest BCUT2D eigenvalue weighted by Crippen LogP contribution is 2.30. The monoisotopic (exact) mass is 272 g/mol. The Morgan fingerprint density at radius 1 is 1.20 bits per heavy atom. The first-order valence-electron chi connectivity index (χ1n) is 8.37. The molecule has 1 saturated heterocycles. The van der Waals surface area contributed by atoms with Crippen LogP contribution in [0.4, 0.5) is 5.69 Å². The molecule has 1 atom stereocenters. The quantitative estimate of drug-likeness (QED) is 0.871. The average Bonchev–Trinajstić information content (AvgIpc) is 3.29. The molecule has 2 nitrogen and oxygen atoms in total. The highest BCUT2D eigenvalue weighted by molar-refractivity contribution is 5.55. The number of hydrogen-bond acceptors (Lipinski definition) is 2. The molecule has 1 aliphatic heterocycles. The maximum atomic E-state index is 3.61. The smallest absolute Gasteiger partial charge is 0.0398 e. The molecule has 3 rings (SSSR count). The third kappa shape index (κ3) is 3.17. The van der Waals surface area contributed by atoms with Gasteiger partial charge in [-0.25, -0.2) is 0 Å². The van der Waals surface area contributed by atoms with Gasteiger partial charge in [0, 0.05) is 30.9 Å². The minimum absolute atomic E-state index is 0.748. The molecule has 0 bridgehead atoms. The Hall–Kier alpha value is -1.02. The zero-order chi connectivity index (χ0) is 13.9. The lowest BCUT2D eigenvalue weighted by Crippen LogP contribution is -2.39. The van der Waals surface area contributed by atoms with Crippen LogP contribution in [0.5, 0.6) is 0 Å². The van der Waals surface area contributed by atoms with Gasteiger partial charge in [-0.05, 0) is 62.6 Å². The zero-order valence-corrected chi connectivity index (χ0v) is 13.0. The topological polar surface area (TPSA) is 15.3 Å². The Morgan fingerprint density at radius 2 is 2.05 bits per heavy atom. The molecule has 1 aliphatic carbocycles. The molecule has 2 fully saturated rings. The maximum absolute atomic E-state index is 3.61. The van der Waals surface area contributed by atoms with Gasteiger partial charge in [0.2, 0.25) is 0 Å². The Balaban J connectivity index is 1.71. The summed E-state index contributed by atoms with van der Waals surface area (Å²) in [6.45, 7) is 6.87. The second-order valence-corrected chi connectivity index (χ2v) is 6.53. The normalized spacial score (nSPS) is 23.1. The molecule has 1 unspecified atom stereocenters. The summed E-state index contributed by atoms with van der Waals surface area (Å²) < 4.78 is 0. The van der Waals surface area contributed by atoms with Gasteiger partial charge in [-0.1, -0.05) is 19.1 Å². The minimum Gasteiger partial charge on any atom is -0.368 e. The molecule has 0 amide bonds. The first kappa shape index (κ1) is 13.9. The first-order valence-corrected chi connectivity index (χ1v) is 8.37. The molecule has 1 saturated carbocycles. The minimum atomic E-state index is 0.748. The molecule has 110 valence electrons. The predicted molar refractivity (Wildman–Crippen MR) is 86.3 cm³/mol. The lowest BCUT2D eigenvalue weighted by molar-refractivity contribution is 0.449. The van der Waals surface area contributed by atoms with E-state index in [-0.39, 0.29) is 0 Å².